The Morgan fingerprint density at radius 3 is 2.58 bits per heavy atom. The second kappa shape index (κ2) is 8.76. The molecule has 1 saturated heterocycles. The van der Waals surface area contributed by atoms with Crippen molar-refractivity contribution in [1.82, 2.24) is 19.8 Å². The second-order valence-electron chi connectivity index (χ2n) is 6.80. The summed E-state index contributed by atoms with van der Waals surface area (Å²) in [4.78, 5) is 25.6. The SMILES string of the molecule is Cc1nc(NCCCc2ccccc2)cc(C(=O)N2CCN(C)CC2)n1. The van der Waals surface area contributed by atoms with E-state index in [9.17, 15) is 4.79 Å². The van der Waals surface area contributed by atoms with E-state index in [0.717, 1.165) is 51.4 Å². The van der Waals surface area contributed by atoms with Gasteiger partial charge >= 0.3 is 0 Å². The average molecular weight is 353 g/mol. The fourth-order valence-corrected chi connectivity index (χ4v) is 3.09. The maximum Gasteiger partial charge on any atom is 0.272 e. The van der Waals surface area contributed by atoms with Gasteiger partial charge in [-0.15, -0.1) is 0 Å². The molecule has 1 aliphatic rings. The van der Waals surface area contributed by atoms with Crippen LogP contribution in [0, 0.1) is 6.92 Å². The number of nitrogens with zero attached hydrogens (tertiary/aromatic N) is 4. The number of aromatic nitrogens is 2. The predicted octanol–water partition coefficient (Wildman–Crippen LogP) is 2.22. The van der Waals surface area contributed by atoms with Crippen LogP contribution in [0.4, 0.5) is 5.82 Å². The van der Waals surface area contributed by atoms with E-state index < -0.39 is 0 Å². The van der Waals surface area contributed by atoms with Gasteiger partial charge in [0, 0.05) is 38.8 Å². The molecule has 138 valence electrons. The molecule has 0 saturated carbocycles. The van der Waals surface area contributed by atoms with Gasteiger partial charge in [-0.1, -0.05) is 30.3 Å². The van der Waals surface area contributed by atoms with Crippen LogP contribution in [-0.2, 0) is 6.42 Å². The Morgan fingerprint density at radius 1 is 1.12 bits per heavy atom. The van der Waals surface area contributed by atoms with Crippen molar-refractivity contribution < 1.29 is 4.79 Å². The minimum atomic E-state index is -0.00376. The number of benzene rings is 1. The number of hydrogen-bond donors (Lipinski definition) is 1. The largest absolute Gasteiger partial charge is 0.370 e. The third-order valence-corrected chi connectivity index (χ3v) is 4.64. The Labute approximate surface area is 155 Å². The zero-order chi connectivity index (χ0) is 18.4. The summed E-state index contributed by atoms with van der Waals surface area (Å²) >= 11 is 0. The number of carbonyl (C=O) groups excluding carboxylic acids is 1. The molecule has 26 heavy (non-hydrogen) atoms. The number of hydrogen-bond acceptors (Lipinski definition) is 5. The van der Waals surface area contributed by atoms with Crippen LogP contribution in [0.1, 0.15) is 28.3 Å². The molecule has 2 aromatic rings. The molecule has 1 aliphatic heterocycles. The topological polar surface area (TPSA) is 61.4 Å². The van der Waals surface area contributed by atoms with Crippen LogP contribution in [-0.4, -0.2) is 65.4 Å². The van der Waals surface area contributed by atoms with E-state index >= 15 is 0 Å². The van der Waals surface area contributed by atoms with E-state index in [0.29, 0.717) is 11.5 Å². The summed E-state index contributed by atoms with van der Waals surface area (Å²) in [5.74, 6) is 1.34. The first-order chi connectivity index (χ1) is 12.6. The van der Waals surface area contributed by atoms with Gasteiger partial charge in [-0.2, -0.15) is 0 Å². The number of rotatable bonds is 6. The molecule has 6 heteroatoms. The van der Waals surface area contributed by atoms with Gasteiger partial charge in [-0.3, -0.25) is 4.79 Å². The van der Waals surface area contributed by atoms with Crippen LogP contribution in [0.2, 0.25) is 0 Å². The van der Waals surface area contributed by atoms with Crippen LogP contribution < -0.4 is 5.32 Å². The van der Waals surface area contributed by atoms with E-state index in [1.807, 2.05) is 17.9 Å². The van der Waals surface area contributed by atoms with Crippen LogP contribution in [0.25, 0.3) is 0 Å². The third kappa shape index (κ3) is 5.02. The molecule has 1 amide bonds. The Bertz CT molecular complexity index is 726. The van der Waals surface area contributed by atoms with E-state index in [1.165, 1.54) is 5.56 Å². The van der Waals surface area contributed by atoms with Gasteiger partial charge in [-0.05, 0) is 32.4 Å². The first-order valence-corrected chi connectivity index (χ1v) is 9.23. The van der Waals surface area contributed by atoms with E-state index in [-0.39, 0.29) is 5.91 Å². The maximum atomic E-state index is 12.7. The fourth-order valence-electron chi connectivity index (χ4n) is 3.09. The molecule has 1 aromatic carbocycles. The van der Waals surface area contributed by atoms with Crippen molar-refractivity contribution in [3.63, 3.8) is 0 Å². The fraction of sp³-hybridized carbons (Fsp3) is 0.450. The Kier molecular flexibility index (Phi) is 6.17. The van der Waals surface area contributed by atoms with E-state index in [2.05, 4.69) is 51.5 Å². The standard InChI is InChI=1S/C20H27N5O/c1-16-22-18(20(26)25-13-11-24(2)12-14-25)15-19(23-16)21-10-6-9-17-7-4-3-5-8-17/h3-5,7-8,15H,6,9-14H2,1-2H3,(H,21,22,23). The number of anilines is 1. The van der Waals surface area contributed by atoms with Gasteiger partial charge < -0.3 is 15.1 Å². The lowest BCUT2D eigenvalue weighted by Crippen LogP contribution is -2.47. The van der Waals surface area contributed by atoms with E-state index in [4.69, 9.17) is 0 Å². The lowest BCUT2D eigenvalue weighted by Gasteiger charge is -2.32. The summed E-state index contributed by atoms with van der Waals surface area (Å²) in [5.41, 5.74) is 1.81. The van der Waals surface area contributed by atoms with Gasteiger partial charge in [0.2, 0.25) is 0 Å². The Hall–Kier alpha value is -2.47. The van der Waals surface area contributed by atoms with Crippen LogP contribution in [0.15, 0.2) is 36.4 Å². The molecule has 0 spiro atoms. The zero-order valence-corrected chi connectivity index (χ0v) is 15.6. The number of likely N-dealkylation sites (N-methyl/N-ethyl adjacent to an activating group) is 1. The Morgan fingerprint density at radius 2 is 1.85 bits per heavy atom. The minimum Gasteiger partial charge on any atom is -0.370 e. The van der Waals surface area contributed by atoms with Crippen molar-refractivity contribution in [3.05, 3.63) is 53.5 Å². The summed E-state index contributed by atoms with van der Waals surface area (Å²) in [6, 6.07) is 12.2. The van der Waals surface area contributed by atoms with Crippen molar-refractivity contribution in [1.29, 1.82) is 0 Å². The maximum absolute atomic E-state index is 12.7. The number of carbonyl (C=O) groups is 1. The van der Waals surface area contributed by atoms with Gasteiger partial charge in [0.25, 0.3) is 5.91 Å². The Balaban J connectivity index is 1.56. The molecular weight excluding hydrogens is 326 g/mol. The molecular formula is C20H27N5O. The quantitative estimate of drug-likeness (QED) is 0.807. The molecule has 0 unspecified atom stereocenters. The number of amides is 1. The smallest absolute Gasteiger partial charge is 0.272 e. The molecule has 1 aromatic heterocycles. The molecule has 0 bridgehead atoms. The molecule has 0 aliphatic carbocycles. The first kappa shape index (κ1) is 18.3. The zero-order valence-electron chi connectivity index (χ0n) is 15.6. The monoisotopic (exact) mass is 353 g/mol. The first-order valence-electron chi connectivity index (χ1n) is 9.23. The minimum absolute atomic E-state index is 0.00376. The normalized spacial score (nSPS) is 15.1. The van der Waals surface area contributed by atoms with Crippen molar-refractivity contribution in [2.24, 2.45) is 0 Å². The molecule has 6 nitrogen and oxygen atoms in total. The van der Waals surface area contributed by atoms with Crippen LogP contribution in [0.5, 0.6) is 0 Å². The highest BCUT2D eigenvalue weighted by molar-refractivity contribution is 5.93. The summed E-state index contributed by atoms with van der Waals surface area (Å²) in [6.45, 7) is 5.95. The van der Waals surface area contributed by atoms with Crippen molar-refractivity contribution >= 4 is 11.7 Å². The molecule has 3 rings (SSSR count). The number of nitrogens with one attached hydrogen (secondary N) is 1. The lowest BCUT2D eigenvalue weighted by molar-refractivity contribution is 0.0658. The van der Waals surface area contributed by atoms with E-state index in [1.54, 1.807) is 6.07 Å². The lowest BCUT2D eigenvalue weighted by atomic mass is 10.1. The molecule has 0 atom stereocenters. The van der Waals surface area contributed by atoms with Crippen LogP contribution >= 0.6 is 0 Å². The third-order valence-electron chi connectivity index (χ3n) is 4.64. The average Bonchev–Trinajstić information content (AvgIpc) is 2.66. The molecule has 1 fully saturated rings. The highest BCUT2D eigenvalue weighted by Gasteiger charge is 2.22. The molecule has 2 heterocycles. The van der Waals surface area contributed by atoms with Gasteiger partial charge in [0.05, 0.1) is 0 Å². The predicted molar refractivity (Wildman–Crippen MR) is 103 cm³/mol. The molecule has 0 radical (unpaired) electrons. The van der Waals surface area contributed by atoms with Crippen molar-refractivity contribution in [2.45, 2.75) is 19.8 Å². The van der Waals surface area contributed by atoms with Crippen LogP contribution in [0.3, 0.4) is 0 Å². The highest BCUT2D eigenvalue weighted by Crippen LogP contribution is 2.12. The highest BCUT2D eigenvalue weighted by atomic mass is 16.2. The second-order valence-corrected chi connectivity index (χ2v) is 6.80. The summed E-state index contributed by atoms with van der Waals surface area (Å²) in [6.07, 6.45) is 2.03. The number of aryl methyl sites for hydroxylation is 2. The van der Waals surface area contributed by atoms with Gasteiger partial charge in [0.1, 0.15) is 17.3 Å². The van der Waals surface area contributed by atoms with Crippen molar-refractivity contribution in [3.8, 4) is 0 Å². The van der Waals surface area contributed by atoms with Gasteiger partial charge in [-0.25, -0.2) is 9.97 Å². The van der Waals surface area contributed by atoms with Gasteiger partial charge in [0.15, 0.2) is 0 Å². The molecule has 1 N–H and O–H groups in total. The van der Waals surface area contributed by atoms with Crippen molar-refractivity contribution in [2.75, 3.05) is 45.1 Å². The summed E-state index contributed by atoms with van der Waals surface area (Å²) in [7, 11) is 2.08. The summed E-state index contributed by atoms with van der Waals surface area (Å²) < 4.78 is 0. The number of piperazine rings is 1. The summed E-state index contributed by atoms with van der Waals surface area (Å²) in [5, 5.41) is 3.33.